The first-order chi connectivity index (χ1) is 8.81. The Bertz CT molecular complexity index is 480. The fraction of sp³-hybridized carbons (Fsp3) is 0.500. The second-order valence-corrected chi connectivity index (χ2v) is 5.11. The highest BCUT2D eigenvalue weighted by molar-refractivity contribution is 7.11. The summed E-state index contributed by atoms with van der Waals surface area (Å²) in [4.78, 5) is 5.58. The van der Waals surface area contributed by atoms with Gasteiger partial charge in [0, 0.05) is 24.4 Å². The molecule has 98 valence electrons. The Morgan fingerprint density at radius 3 is 3.06 bits per heavy atom. The molecule has 6 heteroatoms. The summed E-state index contributed by atoms with van der Waals surface area (Å²) in [6, 6.07) is 0. The van der Waals surface area contributed by atoms with Crippen LogP contribution in [0.3, 0.4) is 0 Å². The van der Waals surface area contributed by atoms with Gasteiger partial charge in [-0.1, -0.05) is 6.92 Å². The highest BCUT2D eigenvalue weighted by Crippen LogP contribution is 2.15. The zero-order valence-corrected chi connectivity index (χ0v) is 11.5. The first kappa shape index (κ1) is 13.0. The zero-order chi connectivity index (χ0) is 12.8. The van der Waals surface area contributed by atoms with Crippen molar-refractivity contribution in [3.8, 4) is 0 Å². The van der Waals surface area contributed by atoms with Crippen LogP contribution in [0.4, 0.5) is 5.69 Å². The second kappa shape index (κ2) is 6.51. The van der Waals surface area contributed by atoms with Gasteiger partial charge in [-0.25, -0.2) is 4.98 Å². The SMILES string of the molecule is CCc1ncc(CNc2cnn(CCOC)c2)s1. The number of hydrogen-bond donors (Lipinski definition) is 1. The average molecular weight is 266 g/mol. The largest absolute Gasteiger partial charge is 0.383 e. The number of nitrogens with zero attached hydrogens (tertiary/aromatic N) is 3. The molecule has 1 N–H and O–H groups in total. The molecule has 0 saturated carbocycles. The van der Waals surface area contributed by atoms with E-state index in [1.54, 1.807) is 18.4 Å². The molecule has 0 radical (unpaired) electrons. The van der Waals surface area contributed by atoms with Gasteiger partial charge in [-0.3, -0.25) is 4.68 Å². The summed E-state index contributed by atoms with van der Waals surface area (Å²) in [6.07, 6.45) is 6.75. The third kappa shape index (κ3) is 3.54. The molecule has 0 unspecified atom stereocenters. The van der Waals surface area contributed by atoms with Crippen molar-refractivity contribution in [3.63, 3.8) is 0 Å². The molecule has 18 heavy (non-hydrogen) atoms. The van der Waals surface area contributed by atoms with Gasteiger partial charge in [0.2, 0.25) is 0 Å². The maximum absolute atomic E-state index is 5.01. The molecule has 0 aliphatic carbocycles. The lowest BCUT2D eigenvalue weighted by atomic mass is 10.5. The van der Waals surface area contributed by atoms with Crippen LogP contribution in [0.25, 0.3) is 0 Å². The summed E-state index contributed by atoms with van der Waals surface area (Å²) >= 11 is 1.75. The van der Waals surface area contributed by atoms with Crippen LogP contribution in [0.1, 0.15) is 16.8 Å². The molecule has 0 aliphatic heterocycles. The van der Waals surface area contributed by atoms with Crippen LogP contribution in [0.5, 0.6) is 0 Å². The van der Waals surface area contributed by atoms with Crippen LogP contribution in [-0.2, 0) is 24.2 Å². The Morgan fingerprint density at radius 2 is 2.33 bits per heavy atom. The molecule has 0 atom stereocenters. The van der Waals surface area contributed by atoms with E-state index in [0.29, 0.717) is 6.61 Å². The number of methoxy groups -OCH3 is 1. The lowest BCUT2D eigenvalue weighted by Crippen LogP contribution is -2.04. The van der Waals surface area contributed by atoms with Gasteiger partial charge < -0.3 is 10.1 Å². The van der Waals surface area contributed by atoms with Gasteiger partial charge in [0.1, 0.15) is 0 Å². The Hall–Kier alpha value is -1.40. The molecule has 2 rings (SSSR count). The van der Waals surface area contributed by atoms with Crippen molar-refractivity contribution in [2.75, 3.05) is 19.0 Å². The molecule has 2 aromatic rings. The Labute approximate surface area is 111 Å². The predicted molar refractivity (Wildman–Crippen MR) is 72.9 cm³/mol. The fourth-order valence-electron chi connectivity index (χ4n) is 1.54. The van der Waals surface area contributed by atoms with Gasteiger partial charge in [0.25, 0.3) is 0 Å². The van der Waals surface area contributed by atoms with Gasteiger partial charge >= 0.3 is 0 Å². The van der Waals surface area contributed by atoms with E-state index >= 15 is 0 Å². The van der Waals surface area contributed by atoms with Gasteiger partial charge in [-0.15, -0.1) is 11.3 Å². The molecule has 2 heterocycles. The van der Waals surface area contributed by atoms with E-state index in [9.17, 15) is 0 Å². The number of aromatic nitrogens is 3. The minimum atomic E-state index is 0.676. The van der Waals surface area contributed by atoms with Gasteiger partial charge in [-0.2, -0.15) is 5.10 Å². The Balaban J connectivity index is 1.84. The van der Waals surface area contributed by atoms with E-state index in [2.05, 4.69) is 22.3 Å². The van der Waals surface area contributed by atoms with Crippen LogP contribution in [-0.4, -0.2) is 28.5 Å². The van der Waals surface area contributed by atoms with E-state index in [1.165, 1.54) is 9.88 Å². The summed E-state index contributed by atoms with van der Waals surface area (Å²) in [7, 11) is 1.69. The first-order valence-corrected chi connectivity index (χ1v) is 6.82. The molecule has 0 fully saturated rings. The number of ether oxygens (including phenoxy) is 1. The van der Waals surface area contributed by atoms with E-state index in [0.717, 1.165) is 25.2 Å². The summed E-state index contributed by atoms with van der Waals surface area (Å²) in [5.41, 5.74) is 1.03. The Kier molecular flexibility index (Phi) is 4.72. The van der Waals surface area contributed by atoms with Crippen LogP contribution < -0.4 is 5.32 Å². The minimum absolute atomic E-state index is 0.676. The monoisotopic (exact) mass is 266 g/mol. The molecule has 0 aliphatic rings. The molecule has 0 aromatic carbocycles. The smallest absolute Gasteiger partial charge is 0.0925 e. The third-order valence-electron chi connectivity index (χ3n) is 2.53. The minimum Gasteiger partial charge on any atom is -0.383 e. The number of aryl methyl sites for hydroxylation is 1. The maximum atomic E-state index is 5.01. The van der Waals surface area contributed by atoms with Crippen LogP contribution in [0.2, 0.25) is 0 Å². The second-order valence-electron chi connectivity index (χ2n) is 3.91. The molecular weight excluding hydrogens is 248 g/mol. The van der Waals surface area contributed by atoms with Gasteiger partial charge in [-0.05, 0) is 6.42 Å². The number of rotatable bonds is 7. The zero-order valence-electron chi connectivity index (χ0n) is 10.7. The van der Waals surface area contributed by atoms with Gasteiger partial charge in [0.05, 0.1) is 36.6 Å². The van der Waals surface area contributed by atoms with Crippen molar-refractivity contribution in [3.05, 3.63) is 28.5 Å². The maximum Gasteiger partial charge on any atom is 0.0925 e. The highest BCUT2D eigenvalue weighted by atomic mass is 32.1. The van der Waals surface area contributed by atoms with E-state index < -0.39 is 0 Å². The molecule has 0 saturated heterocycles. The number of anilines is 1. The average Bonchev–Trinajstić information content (AvgIpc) is 3.03. The first-order valence-electron chi connectivity index (χ1n) is 6.00. The lowest BCUT2D eigenvalue weighted by Gasteiger charge is -2.00. The standard InChI is InChI=1S/C12H18N4OS/c1-3-12-14-8-11(18-12)7-13-10-6-15-16(9-10)4-5-17-2/h6,8-9,13H,3-5,7H2,1-2H3. The molecular formula is C12H18N4OS. The summed E-state index contributed by atoms with van der Waals surface area (Å²) in [5.74, 6) is 0. The van der Waals surface area contributed by atoms with Gasteiger partial charge in [0.15, 0.2) is 0 Å². The molecule has 5 nitrogen and oxygen atoms in total. The fourth-order valence-corrected chi connectivity index (χ4v) is 2.35. The molecule has 0 bridgehead atoms. The van der Waals surface area contributed by atoms with Crippen molar-refractivity contribution in [2.24, 2.45) is 0 Å². The van der Waals surface area contributed by atoms with Crippen molar-refractivity contribution in [1.82, 2.24) is 14.8 Å². The van der Waals surface area contributed by atoms with E-state index in [-0.39, 0.29) is 0 Å². The number of hydrogen-bond acceptors (Lipinski definition) is 5. The third-order valence-corrected chi connectivity index (χ3v) is 3.67. The predicted octanol–water partition coefficient (Wildman–Crippen LogP) is 2.16. The summed E-state index contributed by atoms with van der Waals surface area (Å²) in [6.45, 7) is 4.37. The normalized spacial score (nSPS) is 10.8. The highest BCUT2D eigenvalue weighted by Gasteiger charge is 2.02. The topological polar surface area (TPSA) is 52.0 Å². The van der Waals surface area contributed by atoms with Crippen LogP contribution in [0.15, 0.2) is 18.6 Å². The quantitative estimate of drug-likeness (QED) is 0.834. The van der Waals surface area contributed by atoms with Crippen LogP contribution in [0, 0.1) is 0 Å². The van der Waals surface area contributed by atoms with Crippen molar-refractivity contribution >= 4 is 17.0 Å². The summed E-state index contributed by atoms with van der Waals surface area (Å²) in [5, 5.41) is 8.77. The molecule has 0 spiro atoms. The Morgan fingerprint density at radius 1 is 1.44 bits per heavy atom. The molecule has 2 aromatic heterocycles. The number of thiazole rings is 1. The van der Waals surface area contributed by atoms with Crippen molar-refractivity contribution < 1.29 is 4.74 Å². The van der Waals surface area contributed by atoms with E-state index in [4.69, 9.17) is 4.74 Å². The molecule has 0 amide bonds. The summed E-state index contributed by atoms with van der Waals surface area (Å²) < 4.78 is 6.88. The van der Waals surface area contributed by atoms with E-state index in [1.807, 2.05) is 23.3 Å². The van der Waals surface area contributed by atoms with Crippen LogP contribution >= 0.6 is 11.3 Å². The lowest BCUT2D eigenvalue weighted by molar-refractivity contribution is 0.183. The number of nitrogens with one attached hydrogen (secondary N) is 1. The van der Waals surface area contributed by atoms with Crippen molar-refractivity contribution in [2.45, 2.75) is 26.4 Å². The van der Waals surface area contributed by atoms with Crippen molar-refractivity contribution in [1.29, 1.82) is 0 Å².